The normalized spacial score (nSPS) is 35.9. The molecule has 0 bridgehead atoms. The number of likely N-dealkylation sites (tertiary alicyclic amines) is 1. The molecule has 1 atom stereocenters. The predicted octanol–water partition coefficient (Wildman–Crippen LogP) is 0.951. The monoisotopic (exact) mass is 212 g/mol. The molecule has 2 N–H and O–H groups in total. The second-order valence-corrected chi connectivity index (χ2v) is 4.97. The number of urea groups is 1. The summed E-state index contributed by atoms with van der Waals surface area (Å²) in [6.45, 7) is 3.94. The lowest BCUT2D eigenvalue weighted by Crippen LogP contribution is -2.53. The van der Waals surface area contributed by atoms with Gasteiger partial charge >= 0.3 is 6.03 Å². The van der Waals surface area contributed by atoms with E-state index in [0.29, 0.717) is 5.92 Å². The van der Waals surface area contributed by atoms with Crippen LogP contribution in [-0.2, 0) is 0 Å². The van der Waals surface area contributed by atoms with Crippen molar-refractivity contribution in [3.63, 3.8) is 0 Å². The molecule has 2 aliphatic rings. The van der Waals surface area contributed by atoms with Crippen LogP contribution in [0.2, 0.25) is 0 Å². The van der Waals surface area contributed by atoms with Crippen molar-refractivity contribution in [1.29, 1.82) is 0 Å². The number of aliphatic hydroxyl groups excluding tert-OH is 1. The third kappa shape index (κ3) is 2.62. The van der Waals surface area contributed by atoms with Crippen molar-refractivity contribution in [1.82, 2.24) is 10.2 Å². The van der Waals surface area contributed by atoms with Crippen molar-refractivity contribution >= 4 is 6.03 Å². The molecule has 0 aromatic carbocycles. The van der Waals surface area contributed by atoms with Gasteiger partial charge in [-0.3, -0.25) is 0 Å². The Balaban J connectivity index is 1.75. The first-order valence-corrected chi connectivity index (χ1v) is 5.88. The number of nitrogens with zero attached hydrogens (tertiary/aromatic N) is 1. The number of nitrogens with one attached hydrogen (secondary N) is 1. The fourth-order valence-corrected chi connectivity index (χ4v) is 2.35. The summed E-state index contributed by atoms with van der Waals surface area (Å²) >= 11 is 0. The smallest absolute Gasteiger partial charge is 0.317 e. The highest BCUT2D eigenvalue weighted by atomic mass is 16.3. The van der Waals surface area contributed by atoms with E-state index in [-0.39, 0.29) is 18.2 Å². The molecule has 2 fully saturated rings. The van der Waals surface area contributed by atoms with Crippen molar-refractivity contribution in [2.45, 2.75) is 44.8 Å². The van der Waals surface area contributed by atoms with Crippen LogP contribution in [0.5, 0.6) is 0 Å². The standard InChI is InChI=1S/C11H20N2O2/c1-8-3-2-4-13(7-8)11(15)12-9-5-10(14)6-9/h8-10,14H,2-7H2,1H3,(H,12,15). The van der Waals surface area contributed by atoms with Crippen molar-refractivity contribution in [3.8, 4) is 0 Å². The number of piperidine rings is 1. The van der Waals surface area contributed by atoms with Gasteiger partial charge in [0.15, 0.2) is 0 Å². The molecule has 1 saturated heterocycles. The molecule has 1 aliphatic carbocycles. The summed E-state index contributed by atoms with van der Waals surface area (Å²) in [5.74, 6) is 0.622. The Hall–Kier alpha value is -0.770. The molecule has 1 saturated carbocycles. The second-order valence-electron chi connectivity index (χ2n) is 4.97. The van der Waals surface area contributed by atoms with Crippen LogP contribution >= 0.6 is 0 Å². The molecule has 0 aromatic heterocycles. The average molecular weight is 212 g/mol. The largest absolute Gasteiger partial charge is 0.393 e. The molecule has 4 heteroatoms. The molecule has 1 heterocycles. The topological polar surface area (TPSA) is 52.6 Å². The van der Waals surface area contributed by atoms with Gasteiger partial charge in [0.2, 0.25) is 0 Å². The minimum Gasteiger partial charge on any atom is -0.393 e. The highest BCUT2D eigenvalue weighted by Crippen LogP contribution is 2.20. The first-order valence-electron chi connectivity index (χ1n) is 5.88. The number of carbonyl (C=O) groups excluding carboxylic acids is 1. The van der Waals surface area contributed by atoms with Crippen LogP contribution in [0.15, 0.2) is 0 Å². The number of hydrogen-bond acceptors (Lipinski definition) is 2. The zero-order valence-corrected chi connectivity index (χ0v) is 9.28. The minimum absolute atomic E-state index is 0.0541. The van der Waals surface area contributed by atoms with E-state index >= 15 is 0 Å². The Bertz CT molecular complexity index is 239. The van der Waals surface area contributed by atoms with Crippen LogP contribution in [0.25, 0.3) is 0 Å². The van der Waals surface area contributed by atoms with Gasteiger partial charge in [0.25, 0.3) is 0 Å². The van der Waals surface area contributed by atoms with E-state index in [1.807, 2.05) is 4.90 Å². The van der Waals surface area contributed by atoms with Gasteiger partial charge in [-0.15, -0.1) is 0 Å². The third-order valence-electron chi connectivity index (χ3n) is 3.39. The summed E-state index contributed by atoms with van der Waals surface area (Å²) < 4.78 is 0. The highest BCUT2D eigenvalue weighted by Gasteiger charge is 2.30. The van der Waals surface area contributed by atoms with Gasteiger partial charge in [0.05, 0.1) is 6.10 Å². The van der Waals surface area contributed by atoms with E-state index in [9.17, 15) is 4.79 Å². The first kappa shape index (κ1) is 10.7. The van der Waals surface area contributed by atoms with E-state index in [1.165, 1.54) is 6.42 Å². The molecule has 4 nitrogen and oxygen atoms in total. The van der Waals surface area contributed by atoms with Gasteiger partial charge in [0, 0.05) is 19.1 Å². The quantitative estimate of drug-likeness (QED) is 0.680. The summed E-state index contributed by atoms with van der Waals surface area (Å²) in [6.07, 6.45) is 3.58. The van der Waals surface area contributed by atoms with Crippen LogP contribution in [0.3, 0.4) is 0 Å². The van der Waals surface area contributed by atoms with Crippen molar-refractivity contribution in [2.75, 3.05) is 13.1 Å². The summed E-state index contributed by atoms with van der Waals surface area (Å²) in [6, 6.07) is 0.253. The van der Waals surface area contributed by atoms with Crippen LogP contribution < -0.4 is 5.32 Å². The van der Waals surface area contributed by atoms with E-state index in [1.54, 1.807) is 0 Å². The number of hydrogen-bond donors (Lipinski definition) is 2. The van der Waals surface area contributed by atoms with Crippen LogP contribution in [-0.4, -0.2) is 41.3 Å². The number of carbonyl (C=O) groups is 1. The van der Waals surface area contributed by atoms with Gasteiger partial charge in [-0.05, 0) is 31.6 Å². The lowest BCUT2D eigenvalue weighted by molar-refractivity contribution is 0.0622. The Morgan fingerprint density at radius 3 is 2.80 bits per heavy atom. The molecule has 0 aromatic rings. The SMILES string of the molecule is CC1CCCN(C(=O)NC2CC(O)C2)C1. The molecule has 0 radical (unpaired) electrons. The van der Waals surface area contributed by atoms with E-state index in [2.05, 4.69) is 12.2 Å². The second kappa shape index (κ2) is 4.39. The van der Waals surface area contributed by atoms with Gasteiger partial charge in [-0.25, -0.2) is 4.79 Å². The Labute approximate surface area is 90.6 Å². The molecule has 2 amide bonds. The van der Waals surface area contributed by atoms with Gasteiger partial charge < -0.3 is 15.3 Å². The maximum Gasteiger partial charge on any atom is 0.317 e. The van der Waals surface area contributed by atoms with Crippen LogP contribution in [0, 0.1) is 5.92 Å². The van der Waals surface area contributed by atoms with Gasteiger partial charge in [-0.1, -0.05) is 6.92 Å². The lowest BCUT2D eigenvalue weighted by atomic mass is 9.90. The molecule has 1 unspecified atom stereocenters. The van der Waals surface area contributed by atoms with Crippen molar-refractivity contribution < 1.29 is 9.90 Å². The fraction of sp³-hybridized carbons (Fsp3) is 0.909. The zero-order chi connectivity index (χ0) is 10.8. The highest BCUT2D eigenvalue weighted by molar-refractivity contribution is 5.74. The Kier molecular flexibility index (Phi) is 3.14. The van der Waals surface area contributed by atoms with E-state index in [0.717, 1.165) is 32.4 Å². The number of amides is 2. The molecule has 0 spiro atoms. The first-order chi connectivity index (χ1) is 7.15. The lowest BCUT2D eigenvalue weighted by Gasteiger charge is -2.36. The minimum atomic E-state index is -0.199. The third-order valence-corrected chi connectivity index (χ3v) is 3.39. The Morgan fingerprint density at radius 2 is 2.20 bits per heavy atom. The summed E-state index contributed by atoms with van der Waals surface area (Å²) in [5.41, 5.74) is 0. The molecule has 1 aliphatic heterocycles. The van der Waals surface area contributed by atoms with Crippen molar-refractivity contribution in [3.05, 3.63) is 0 Å². The summed E-state index contributed by atoms with van der Waals surface area (Å²) in [5, 5.41) is 12.1. The fourth-order valence-electron chi connectivity index (χ4n) is 2.35. The summed E-state index contributed by atoms with van der Waals surface area (Å²) in [7, 11) is 0. The zero-order valence-electron chi connectivity index (χ0n) is 9.28. The van der Waals surface area contributed by atoms with Gasteiger partial charge in [-0.2, -0.15) is 0 Å². The molecule has 2 rings (SSSR count). The van der Waals surface area contributed by atoms with E-state index < -0.39 is 0 Å². The Morgan fingerprint density at radius 1 is 1.47 bits per heavy atom. The maximum atomic E-state index is 11.8. The molecular weight excluding hydrogens is 192 g/mol. The maximum absolute atomic E-state index is 11.8. The van der Waals surface area contributed by atoms with E-state index in [4.69, 9.17) is 5.11 Å². The number of aliphatic hydroxyl groups is 1. The summed E-state index contributed by atoms with van der Waals surface area (Å²) in [4.78, 5) is 13.7. The molecule has 86 valence electrons. The molecular formula is C11H20N2O2. The number of rotatable bonds is 1. The molecule has 15 heavy (non-hydrogen) atoms. The van der Waals surface area contributed by atoms with Crippen LogP contribution in [0.4, 0.5) is 4.79 Å². The average Bonchev–Trinajstić information content (AvgIpc) is 2.15. The predicted molar refractivity (Wildman–Crippen MR) is 57.5 cm³/mol. The van der Waals surface area contributed by atoms with Gasteiger partial charge in [0.1, 0.15) is 0 Å². The van der Waals surface area contributed by atoms with Crippen molar-refractivity contribution in [2.24, 2.45) is 5.92 Å². The van der Waals surface area contributed by atoms with Crippen LogP contribution in [0.1, 0.15) is 32.6 Å².